The van der Waals surface area contributed by atoms with Gasteiger partial charge in [0.05, 0.1) is 30.8 Å². The Labute approximate surface area is 172 Å². The molecule has 1 aromatic rings. The second kappa shape index (κ2) is 8.68. The van der Waals surface area contributed by atoms with Crippen molar-refractivity contribution < 1.29 is 14.3 Å². The van der Waals surface area contributed by atoms with Crippen LogP contribution in [0, 0.1) is 22.7 Å². The van der Waals surface area contributed by atoms with Gasteiger partial charge in [-0.15, -0.1) is 0 Å². The van der Waals surface area contributed by atoms with Crippen molar-refractivity contribution in [3.8, 4) is 6.07 Å². The number of hydrogen-bond donors (Lipinski definition) is 0. The van der Waals surface area contributed by atoms with Crippen molar-refractivity contribution in [2.45, 2.75) is 38.6 Å². The lowest BCUT2D eigenvalue weighted by molar-refractivity contribution is -0.164. The van der Waals surface area contributed by atoms with Crippen LogP contribution in [-0.2, 0) is 14.3 Å². The van der Waals surface area contributed by atoms with Gasteiger partial charge >= 0.3 is 5.97 Å². The highest BCUT2D eigenvalue weighted by Crippen LogP contribution is 2.49. The predicted molar refractivity (Wildman–Crippen MR) is 108 cm³/mol. The minimum atomic E-state index is -0.513. The molecular formula is C22H30N4O3. The van der Waals surface area contributed by atoms with Crippen molar-refractivity contribution in [2.75, 3.05) is 50.9 Å². The molecule has 156 valence electrons. The maximum absolute atomic E-state index is 13.2. The zero-order valence-corrected chi connectivity index (χ0v) is 17.2. The van der Waals surface area contributed by atoms with Crippen LogP contribution in [0.3, 0.4) is 0 Å². The van der Waals surface area contributed by atoms with Crippen molar-refractivity contribution >= 4 is 11.8 Å². The molecule has 1 aromatic heterocycles. The molecule has 3 aliphatic rings. The topological polar surface area (TPSA) is 78.7 Å². The Kier molecular flexibility index (Phi) is 6.02. The lowest BCUT2D eigenvalue weighted by Gasteiger charge is -2.52. The normalized spacial score (nSPS) is 30.3. The third-order valence-electron chi connectivity index (χ3n) is 6.93. The summed E-state index contributed by atoms with van der Waals surface area (Å²) in [4.78, 5) is 22.3. The lowest BCUT2D eigenvalue weighted by Crippen LogP contribution is -2.59. The molecule has 4 rings (SSSR count). The quantitative estimate of drug-likeness (QED) is 0.720. The van der Waals surface area contributed by atoms with Crippen molar-refractivity contribution in [2.24, 2.45) is 11.3 Å². The lowest BCUT2D eigenvalue weighted by atomic mass is 9.61. The SMILES string of the molecule is CCOC(=O)[C@@]12CC[C@H](N3CCOCC3)C[C@H]1CCN(c1ncccc1C#N)C2. The number of hydrogen-bond acceptors (Lipinski definition) is 7. The van der Waals surface area contributed by atoms with E-state index in [2.05, 4.69) is 20.9 Å². The number of pyridine rings is 1. The van der Waals surface area contributed by atoms with E-state index in [4.69, 9.17) is 9.47 Å². The zero-order chi connectivity index (χ0) is 20.3. The van der Waals surface area contributed by atoms with E-state index >= 15 is 0 Å². The first-order chi connectivity index (χ1) is 14.2. The van der Waals surface area contributed by atoms with E-state index in [0.717, 1.165) is 58.5 Å². The highest BCUT2D eigenvalue weighted by atomic mass is 16.5. The predicted octanol–water partition coefficient (Wildman–Crippen LogP) is 2.21. The summed E-state index contributed by atoms with van der Waals surface area (Å²) >= 11 is 0. The van der Waals surface area contributed by atoms with Crippen LogP contribution in [0.2, 0.25) is 0 Å². The molecule has 0 radical (unpaired) electrons. The summed E-state index contributed by atoms with van der Waals surface area (Å²) in [5.41, 5.74) is 0.0494. The highest BCUT2D eigenvalue weighted by molar-refractivity contribution is 5.79. The molecule has 1 saturated carbocycles. The molecule has 0 bridgehead atoms. The number of rotatable bonds is 4. The summed E-state index contributed by atoms with van der Waals surface area (Å²) in [6.07, 6.45) is 5.48. The van der Waals surface area contributed by atoms with Crippen molar-refractivity contribution in [1.29, 1.82) is 5.26 Å². The van der Waals surface area contributed by atoms with Gasteiger partial charge in [-0.3, -0.25) is 9.69 Å². The van der Waals surface area contributed by atoms with E-state index in [-0.39, 0.29) is 5.97 Å². The van der Waals surface area contributed by atoms with E-state index in [1.807, 2.05) is 6.92 Å². The van der Waals surface area contributed by atoms with Crippen LogP contribution in [0.5, 0.6) is 0 Å². The molecular weight excluding hydrogens is 368 g/mol. The number of anilines is 1. The number of nitrogens with zero attached hydrogens (tertiary/aromatic N) is 4. The highest BCUT2D eigenvalue weighted by Gasteiger charge is 2.54. The van der Waals surface area contributed by atoms with Crippen LogP contribution in [0.15, 0.2) is 18.3 Å². The number of morpholine rings is 1. The second-order valence-corrected chi connectivity index (χ2v) is 8.35. The molecule has 3 heterocycles. The third kappa shape index (κ3) is 3.84. The number of carbonyl (C=O) groups excluding carboxylic acids is 1. The van der Waals surface area contributed by atoms with Crippen molar-refractivity contribution in [1.82, 2.24) is 9.88 Å². The standard InChI is InChI=1S/C22H30N4O3/c1-2-29-21(27)22-7-5-19(25-10-12-28-13-11-25)14-18(22)6-9-26(16-22)20-17(15-23)4-3-8-24-20/h3-4,8,18-19H,2,5-7,9-14,16H2,1H3/t18-,19+,22-/m1/s1. The smallest absolute Gasteiger partial charge is 0.314 e. The summed E-state index contributed by atoms with van der Waals surface area (Å²) in [5, 5.41) is 9.49. The van der Waals surface area contributed by atoms with Crippen molar-refractivity contribution in [3.05, 3.63) is 23.9 Å². The van der Waals surface area contributed by atoms with E-state index in [1.54, 1.807) is 18.3 Å². The largest absolute Gasteiger partial charge is 0.466 e. The molecule has 2 aliphatic heterocycles. The van der Waals surface area contributed by atoms with E-state index in [0.29, 0.717) is 36.5 Å². The van der Waals surface area contributed by atoms with Gasteiger partial charge in [-0.05, 0) is 50.7 Å². The Balaban J connectivity index is 1.57. The summed E-state index contributed by atoms with van der Waals surface area (Å²) < 4.78 is 11.1. The van der Waals surface area contributed by atoms with Crippen LogP contribution in [0.4, 0.5) is 5.82 Å². The first-order valence-electron chi connectivity index (χ1n) is 10.8. The van der Waals surface area contributed by atoms with E-state index in [1.165, 1.54) is 0 Å². The van der Waals surface area contributed by atoms with Gasteiger partial charge < -0.3 is 14.4 Å². The fourth-order valence-electron chi connectivity index (χ4n) is 5.43. The van der Waals surface area contributed by atoms with E-state index in [9.17, 15) is 10.1 Å². The molecule has 0 amide bonds. The minimum Gasteiger partial charge on any atom is -0.466 e. The van der Waals surface area contributed by atoms with E-state index < -0.39 is 5.41 Å². The van der Waals surface area contributed by atoms with Gasteiger partial charge in [0.1, 0.15) is 11.9 Å². The molecule has 7 nitrogen and oxygen atoms in total. The average Bonchev–Trinajstić information content (AvgIpc) is 2.79. The molecule has 0 aromatic carbocycles. The number of fused-ring (bicyclic) bond motifs is 1. The van der Waals surface area contributed by atoms with Crippen LogP contribution in [-0.4, -0.2) is 67.9 Å². The first-order valence-corrected chi connectivity index (χ1v) is 10.8. The third-order valence-corrected chi connectivity index (χ3v) is 6.93. The molecule has 3 atom stereocenters. The maximum atomic E-state index is 13.2. The summed E-state index contributed by atoms with van der Waals surface area (Å²) in [7, 11) is 0. The zero-order valence-electron chi connectivity index (χ0n) is 17.2. The summed E-state index contributed by atoms with van der Waals surface area (Å²) in [5.74, 6) is 0.908. The Bertz CT molecular complexity index is 774. The summed E-state index contributed by atoms with van der Waals surface area (Å²) in [6.45, 7) is 7.22. The van der Waals surface area contributed by atoms with Gasteiger partial charge in [-0.25, -0.2) is 4.98 Å². The average molecular weight is 399 g/mol. The molecule has 0 unspecified atom stereocenters. The Morgan fingerprint density at radius 2 is 2.21 bits per heavy atom. The molecule has 1 aliphatic carbocycles. The number of carbonyl (C=O) groups is 1. The monoisotopic (exact) mass is 398 g/mol. The molecule has 0 spiro atoms. The minimum absolute atomic E-state index is 0.0791. The summed E-state index contributed by atoms with van der Waals surface area (Å²) in [6, 6.07) is 6.33. The van der Waals surface area contributed by atoms with Gasteiger partial charge in [0.15, 0.2) is 0 Å². The van der Waals surface area contributed by atoms with Crippen LogP contribution >= 0.6 is 0 Å². The fourth-order valence-corrected chi connectivity index (χ4v) is 5.43. The maximum Gasteiger partial charge on any atom is 0.314 e. The molecule has 0 N–H and O–H groups in total. The van der Waals surface area contributed by atoms with Gasteiger partial charge in [-0.1, -0.05) is 0 Å². The van der Waals surface area contributed by atoms with Gasteiger partial charge in [0.25, 0.3) is 0 Å². The first kappa shape index (κ1) is 20.1. The molecule has 7 heteroatoms. The Morgan fingerprint density at radius 1 is 1.38 bits per heavy atom. The fraction of sp³-hybridized carbons (Fsp3) is 0.682. The number of esters is 1. The number of nitriles is 1. The Hall–Kier alpha value is -2.17. The number of piperidine rings is 1. The van der Waals surface area contributed by atoms with Crippen LogP contribution < -0.4 is 4.90 Å². The molecule has 29 heavy (non-hydrogen) atoms. The number of aromatic nitrogens is 1. The van der Waals surface area contributed by atoms with Gasteiger partial charge in [0.2, 0.25) is 0 Å². The molecule has 2 saturated heterocycles. The number of ether oxygens (including phenoxy) is 2. The van der Waals surface area contributed by atoms with Crippen LogP contribution in [0.1, 0.15) is 38.2 Å². The van der Waals surface area contributed by atoms with Gasteiger partial charge in [-0.2, -0.15) is 5.26 Å². The Morgan fingerprint density at radius 3 is 2.97 bits per heavy atom. The van der Waals surface area contributed by atoms with Crippen molar-refractivity contribution in [3.63, 3.8) is 0 Å². The second-order valence-electron chi connectivity index (χ2n) is 8.35. The van der Waals surface area contributed by atoms with Gasteiger partial charge in [0, 0.05) is 38.4 Å². The van der Waals surface area contributed by atoms with Crippen LogP contribution in [0.25, 0.3) is 0 Å². The molecule has 3 fully saturated rings.